The summed E-state index contributed by atoms with van der Waals surface area (Å²) >= 11 is 0. The van der Waals surface area contributed by atoms with E-state index >= 15 is 0 Å². The van der Waals surface area contributed by atoms with Crippen molar-refractivity contribution in [2.24, 2.45) is 0 Å². The van der Waals surface area contributed by atoms with Crippen molar-refractivity contribution in [1.82, 2.24) is 15.3 Å². The molecule has 0 spiro atoms. The number of terminal acetylenes is 1. The molecule has 1 aliphatic rings. The third kappa shape index (κ3) is 4.82. The Labute approximate surface area is 180 Å². The molecule has 0 aliphatic carbocycles. The van der Waals surface area contributed by atoms with E-state index in [0.717, 1.165) is 36.0 Å². The van der Waals surface area contributed by atoms with Crippen LogP contribution in [0.25, 0.3) is 10.9 Å². The van der Waals surface area contributed by atoms with Crippen LogP contribution in [0.3, 0.4) is 0 Å². The van der Waals surface area contributed by atoms with Crippen LogP contribution in [0.4, 0.5) is 17.2 Å². The summed E-state index contributed by atoms with van der Waals surface area (Å²) in [6.07, 6.45) is 12.6. The highest BCUT2D eigenvalue weighted by molar-refractivity contribution is 6.03. The maximum absolute atomic E-state index is 12.5. The second-order valence-corrected chi connectivity index (χ2v) is 7.19. The molecule has 1 aromatic heterocycles. The minimum atomic E-state index is -0.223. The second-order valence-electron chi connectivity index (χ2n) is 7.19. The Hall–Kier alpha value is -3.89. The van der Waals surface area contributed by atoms with E-state index in [1.54, 1.807) is 25.3 Å². The number of anilines is 3. The average molecular weight is 413 g/mol. The summed E-state index contributed by atoms with van der Waals surface area (Å²) in [6, 6.07) is 11.3. The number of nitrogens with zero attached hydrogens (tertiary/aromatic N) is 2. The molecule has 1 atom stereocenters. The summed E-state index contributed by atoms with van der Waals surface area (Å²) in [5, 5.41) is 10.3. The lowest BCUT2D eigenvalue weighted by Crippen LogP contribution is -2.19. The van der Waals surface area contributed by atoms with E-state index in [0.29, 0.717) is 22.8 Å². The summed E-state index contributed by atoms with van der Waals surface area (Å²) in [6.45, 7) is 0.981. The van der Waals surface area contributed by atoms with Gasteiger partial charge in [0.05, 0.1) is 18.3 Å². The molecule has 31 heavy (non-hydrogen) atoms. The maximum Gasteiger partial charge on any atom is 0.248 e. The summed E-state index contributed by atoms with van der Waals surface area (Å²) in [5.74, 6) is 3.52. The lowest BCUT2D eigenvalue weighted by molar-refractivity contribution is -0.111. The van der Waals surface area contributed by atoms with Gasteiger partial charge in [-0.25, -0.2) is 9.97 Å². The number of methoxy groups -OCH3 is 1. The smallest absolute Gasteiger partial charge is 0.248 e. The van der Waals surface area contributed by atoms with E-state index in [1.165, 1.54) is 6.33 Å². The molecular weight excluding hydrogens is 390 g/mol. The van der Waals surface area contributed by atoms with Crippen LogP contribution in [0.2, 0.25) is 0 Å². The first-order chi connectivity index (χ1) is 15.2. The zero-order valence-corrected chi connectivity index (χ0v) is 17.2. The summed E-state index contributed by atoms with van der Waals surface area (Å²) in [5.41, 5.74) is 2.80. The standard InChI is InChI=1S/C24H23N5O2/c1-3-16-6-4-7-18(12-16)28-24-19-13-21(22(31-2)14-20(19)26-15-27-24)29-23(30)10-9-17-8-5-11-25-17/h1,4,6-7,9-10,12-15,17,25H,5,8,11H2,2H3,(H,29,30)(H,26,27,28)/b10-9+. The van der Waals surface area contributed by atoms with Crippen molar-refractivity contribution < 1.29 is 9.53 Å². The van der Waals surface area contributed by atoms with Crippen molar-refractivity contribution in [2.45, 2.75) is 18.9 Å². The Morgan fingerprint density at radius 3 is 3.00 bits per heavy atom. The summed E-state index contributed by atoms with van der Waals surface area (Å²) < 4.78 is 5.47. The molecular formula is C24H23N5O2. The molecule has 3 N–H and O–H groups in total. The topological polar surface area (TPSA) is 88.2 Å². The number of hydrogen-bond donors (Lipinski definition) is 3. The van der Waals surface area contributed by atoms with Crippen LogP contribution in [0.15, 0.2) is 54.9 Å². The zero-order chi connectivity index (χ0) is 21.6. The van der Waals surface area contributed by atoms with Gasteiger partial charge in [0.2, 0.25) is 5.91 Å². The van der Waals surface area contributed by atoms with Crippen LogP contribution >= 0.6 is 0 Å². The quantitative estimate of drug-likeness (QED) is 0.423. The molecule has 1 unspecified atom stereocenters. The van der Waals surface area contributed by atoms with E-state index in [9.17, 15) is 4.79 Å². The van der Waals surface area contributed by atoms with Gasteiger partial charge in [0, 0.05) is 34.8 Å². The predicted octanol–water partition coefficient (Wildman–Crippen LogP) is 3.61. The first-order valence-electron chi connectivity index (χ1n) is 10.1. The number of rotatable bonds is 6. The zero-order valence-electron chi connectivity index (χ0n) is 17.2. The number of carbonyl (C=O) groups is 1. The van der Waals surface area contributed by atoms with Gasteiger partial charge in [-0.05, 0) is 43.7 Å². The molecule has 7 heteroatoms. The summed E-state index contributed by atoms with van der Waals surface area (Å²) in [4.78, 5) is 21.2. The fraction of sp³-hybridized carbons (Fsp3) is 0.208. The van der Waals surface area contributed by atoms with Crippen LogP contribution in [0.5, 0.6) is 5.75 Å². The molecule has 2 aromatic carbocycles. The Kier molecular flexibility index (Phi) is 6.11. The fourth-order valence-electron chi connectivity index (χ4n) is 3.53. The normalized spacial score (nSPS) is 15.7. The highest BCUT2D eigenvalue weighted by Crippen LogP contribution is 2.33. The van der Waals surface area contributed by atoms with Gasteiger partial charge in [-0.3, -0.25) is 4.79 Å². The van der Waals surface area contributed by atoms with Crippen molar-refractivity contribution in [3.63, 3.8) is 0 Å². The molecule has 2 heterocycles. The van der Waals surface area contributed by atoms with Gasteiger partial charge in [0.1, 0.15) is 17.9 Å². The van der Waals surface area contributed by atoms with Crippen LogP contribution in [-0.4, -0.2) is 35.6 Å². The predicted molar refractivity (Wildman–Crippen MR) is 123 cm³/mol. The molecule has 1 fully saturated rings. The molecule has 1 saturated heterocycles. The Balaban J connectivity index is 1.63. The van der Waals surface area contributed by atoms with Gasteiger partial charge < -0.3 is 20.7 Å². The average Bonchev–Trinajstić information content (AvgIpc) is 3.31. The van der Waals surface area contributed by atoms with Crippen molar-refractivity contribution in [1.29, 1.82) is 0 Å². The molecule has 1 aliphatic heterocycles. The number of aromatic nitrogens is 2. The number of hydrogen-bond acceptors (Lipinski definition) is 6. The number of carbonyl (C=O) groups excluding carboxylic acids is 1. The van der Waals surface area contributed by atoms with Gasteiger partial charge in [-0.1, -0.05) is 18.1 Å². The Morgan fingerprint density at radius 1 is 1.32 bits per heavy atom. The number of ether oxygens (including phenoxy) is 1. The summed E-state index contributed by atoms with van der Waals surface area (Å²) in [7, 11) is 1.56. The highest BCUT2D eigenvalue weighted by Gasteiger charge is 2.14. The third-order valence-corrected chi connectivity index (χ3v) is 5.08. The van der Waals surface area contributed by atoms with Crippen LogP contribution < -0.4 is 20.7 Å². The van der Waals surface area contributed by atoms with Crippen LogP contribution in [0.1, 0.15) is 18.4 Å². The first-order valence-corrected chi connectivity index (χ1v) is 10.1. The van der Waals surface area contributed by atoms with Gasteiger partial charge in [-0.2, -0.15) is 0 Å². The van der Waals surface area contributed by atoms with E-state index in [4.69, 9.17) is 11.2 Å². The van der Waals surface area contributed by atoms with Crippen molar-refractivity contribution in [2.75, 3.05) is 24.3 Å². The molecule has 1 amide bonds. The number of nitrogens with one attached hydrogen (secondary N) is 3. The fourth-order valence-corrected chi connectivity index (χ4v) is 3.53. The van der Waals surface area contributed by atoms with E-state index < -0.39 is 0 Å². The van der Waals surface area contributed by atoms with Crippen molar-refractivity contribution in [3.05, 3.63) is 60.4 Å². The van der Waals surface area contributed by atoms with Crippen molar-refractivity contribution >= 4 is 34.0 Å². The number of amides is 1. The van der Waals surface area contributed by atoms with Crippen LogP contribution in [0, 0.1) is 12.3 Å². The lowest BCUT2D eigenvalue weighted by atomic mass is 10.1. The monoisotopic (exact) mass is 413 g/mol. The van der Waals surface area contributed by atoms with Gasteiger partial charge in [-0.15, -0.1) is 6.42 Å². The van der Waals surface area contributed by atoms with Gasteiger partial charge in [0.15, 0.2) is 0 Å². The van der Waals surface area contributed by atoms with Crippen molar-refractivity contribution in [3.8, 4) is 18.1 Å². The molecule has 3 aromatic rings. The Morgan fingerprint density at radius 2 is 2.23 bits per heavy atom. The number of benzene rings is 2. The molecule has 0 bridgehead atoms. The maximum atomic E-state index is 12.5. The largest absolute Gasteiger partial charge is 0.494 e. The number of fused-ring (bicyclic) bond motifs is 1. The second kappa shape index (κ2) is 9.28. The minimum absolute atomic E-state index is 0.223. The van der Waals surface area contributed by atoms with E-state index in [2.05, 4.69) is 31.8 Å². The minimum Gasteiger partial charge on any atom is -0.494 e. The third-order valence-electron chi connectivity index (χ3n) is 5.08. The molecule has 7 nitrogen and oxygen atoms in total. The molecule has 0 saturated carbocycles. The van der Waals surface area contributed by atoms with Gasteiger partial charge in [0.25, 0.3) is 0 Å². The van der Waals surface area contributed by atoms with Gasteiger partial charge >= 0.3 is 0 Å². The van der Waals surface area contributed by atoms with E-state index in [-0.39, 0.29) is 11.9 Å². The Bertz CT molecular complexity index is 1180. The lowest BCUT2D eigenvalue weighted by Gasteiger charge is -2.13. The van der Waals surface area contributed by atoms with E-state index in [1.807, 2.05) is 30.3 Å². The molecule has 0 radical (unpaired) electrons. The molecule has 156 valence electrons. The highest BCUT2D eigenvalue weighted by atomic mass is 16.5. The van der Waals surface area contributed by atoms with Crippen LogP contribution in [-0.2, 0) is 4.79 Å². The molecule has 4 rings (SSSR count). The SMILES string of the molecule is C#Cc1cccc(Nc2ncnc3cc(OC)c(NC(=O)/C=C/C4CCCN4)cc23)c1. The first kappa shape index (κ1) is 20.4.